The van der Waals surface area contributed by atoms with Gasteiger partial charge in [0.25, 0.3) is 5.91 Å². The first-order valence-electron chi connectivity index (χ1n) is 12.5. The van der Waals surface area contributed by atoms with Crippen molar-refractivity contribution in [1.82, 2.24) is 15.0 Å². The van der Waals surface area contributed by atoms with Crippen molar-refractivity contribution in [2.45, 2.75) is 19.8 Å². The zero-order valence-corrected chi connectivity index (χ0v) is 22.6. The van der Waals surface area contributed by atoms with Crippen LogP contribution in [0.3, 0.4) is 0 Å². The van der Waals surface area contributed by atoms with Crippen LogP contribution in [0.25, 0.3) is 11.4 Å². The molecule has 0 atom stereocenters. The molecule has 8 heteroatoms. The van der Waals surface area contributed by atoms with Crippen LogP contribution in [0.1, 0.15) is 27.4 Å². The number of carbonyl (C=O) groups is 1. The molecule has 0 saturated heterocycles. The Kier molecular flexibility index (Phi) is 8.63. The van der Waals surface area contributed by atoms with E-state index in [9.17, 15) is 4.79 Å². The summed E-state index contributed by atoms with van der Waals surface area (Å²) in [4.78, 5) is 21.9. The van der Waals surface area contributed by atoms with E-state index in [2.05, 4.69) is 10.1 Å². The van der Waals surface area contributed by atoms with E-state index >= 15 is 0 Å². The maximum absolute atomic E-state index is 13.4. The zero-order chi connectivity index (χ0) is 27.1. The molecule has 0 bridgehead atoms. The van der Waals surface area contributed by atoms with Gasteiger partial charge in [-0.3, -0.25) is 4.79 Å². The van der Waals surface area contributed by atoms with Gasteiger partial charge in [0.05, 0.1) is 14.2 Å². The Hall–Kier alpha value is -4.33. The van der Waals surface area contributed by atoms with Gasteiger partial charge in [0.1, 0.15) is 0 Å². The summed E-state index contributed by atoms with van der Waals surface area (Å²) in [5.41, 5.74) is 4.78. The maximum Gasteiger partial charge on any atom is 0.253 e. The molecule has 198 valence electrons. The van der Waals surface area contributed by atoms with Crippen LogP contribution in [0.15, 0.2) is 71.3 Å². The molecule has 8 nitrogen and oxygen atoms in total. The summed E-state index contributed by atoms with van der Waals surface area (Å²) < 4.78 is 16.3. The number of ether oxygens (including phenoxy) is 2. The summed E-state index contributed by atoms with van der Waals surface area (Å²) in [6.07, 6.45) is 1.11. The Balaban J connectivity index is 1.48. The van der Waals surface area contributed by atoms with Crippen LogP contribution in [0.2, 0.25) is 0 Å². The van der Waals surface area contributed by atoms with Crippen molar-refractivity contribution >= 4 is 11.6 Å². The molecule has 0 N–H and O–H groups in total. The highest BCUT2D eigenvalue weighted by molar-refractivity contribution is 5.94. The molecule has 0 spiro atoms. The van der Waals surface area contributed by atoms with Gasteiger partial charge in [-0.2, -0.15) is 4.98 Å². The summed E-state index contributed by atoms with van der Waals surface area (Å²) in [5.74, 6) is 2.33. The number of carbonyl (C=O) groups excluding carboxylic acids is 1. The van der Waals surface area contributed by atoms with Crippen LogP contribution in [-0.4, -0.2) is 62.4 Å². The van der Waals surface area contributed by atoms with Crippen LogP contribution in [0.4, 0.5) is 5.69 Å². The monoisotopic (exact) mass is 514 g/mol. The van der Waals surface area contributed by atoms with E-state index in [-0.39, 0.29) is 5.91 Å². The van der Waals surface area contributed by atoms with Crippen LogP contribution >= 0.6 is 0 Å². The van der Waals surface area contributed by atoms with Gasteiger partial charge in [-0.25, -0.2) is 0 Å². The van der Waals surface area contributed by atoms with Gasteiger partial charge >= 0.3 is 0 Å². The van der Waals surface area contributed by atoms with Crippen LogP contribution < -0.4 is 14.4 Å². The lowest BCUT2D eigenvalue weighted by Gasteiger charge is -2.22. The number of aromatic nitrogens is 2. The largest absolute Gasteiger partial charge is 0.493 e. The first kappa shape index (κ1) is 26.7. The van der Waals surface area contributed by atoms with Gasteiger partial charge in [0.15, 0.2) is 11.5 Å². The van der Waals surface area contributed by atoms with E-state index in [1.165, 1.54) is 0 Å². The molecule has 1 aromatic heterocycles. The van der Waals surface area contributed by atoms with Crippen molar-refractivity contribution in [3.05, 3.63) is 89.3 Å². The number of methoxy groups -OCH3 is 2. The maximum atomic E-state index is 13.4. The Morgan fingerprint density at radius 3 is 2.21 bits per heavy atom. The second-order valence-electron chi connectivity index (χ2n) is 9.30. The Labute approximate surface area is 223 Å². The third-order valence-electron chi connectivity index (χ3n) is 6.41. The van der Waals surface area contributed by atoms with E-state index in [4.69, 9.17) is 14.0 Å². The number of hydrogen-bond donors (Lipinski definition) is 0. The molecule has 3 aromatic carbocycles. The number of anilines is 1. The summed E-state index contributed by atoms with van der Waals surface area (Å²) in [5, 5.41) is 4.15. The number of aryl methyl sites for hydroxylation is 1. The molecular weight excluding hydrogens is 480 g/mol. The topological polar surface area (TPSA) is 80.9 Å². The van der Waals surface area contributed by atoms with Crippen LogP contribution in [0.5, 0.6) is 11.5 Å². The molecule has 0 radical (unpaired) electrons. The Bertz CT molecular complexity index is 1350. The first-order valence-corrected chi connectivity index (χ1v) is 12.5. The highest BCUT2D eigenvalue weighted by Crippen LogP contribution is 2.28. The first-order chi connectivity index (χ1) is 18.4. The lowest BCUT2D eigenvalue weighted by atomic mass is 10.1. The van der Waals surface area contributed by atoms with E-state index in [1.54, 1.807) is 14.2 Å². The lowest BCUT2D eigenvalue weighted by molar-refractivity contribution is 0.0756. The van der Waals surface area contributed by atoms with Crippen molar-refractivity contribution in [3.63, 3.8) is 0 Å². The molecule has 0 aliphatic heterocycles. The summed E-state index contributed by atoms with van der Waals surface area (Å²) in [6.45, 7) is 2.97. The molecule has 1 heterocycles. The predicted octanol–water partition coefficient (Wildman–Crippen LogP) is 5.06. The van der Waals surface area contributed by atoms with Gasteiger partial charge in [-0.15, -0.1) is 0 Å². The minimum atomic E-state index is -0.0375. The van der Waals surface area contributed by atoms with Gasteiger partial charge in [0.2, 0.25) is 11.7 Å². The van der Waals surface area contributed by atoms with Gasteiger partial charge < -0.3 is 23.8 Å². The second-order valence-corrected chi connectivity index (χ2v) is 9.30. The number of benzene rings is 3. The number of amides is 1. The van der Waals surface area contributed by atoms with Crippen molar-refractivity contribution < 1.29 is 18.8 Å². The van der Waals surface area contributed by atoms with E-state index < -0.39 is 0 Å². The minimum Gasteiger partial charge on any atom is -0.493 e. The number of rotatable bonds is 11. The van der Waals surface area contributed by atoms with E-state index in [1.807, 2.05) is 97.5 Å². The zero-order valence-electron chi connectivity index (χ0n) is 22.6. The molecule has 0 saturated carbocycles. The van der Waals surface area contributed by atoms with Crippen LogP contribution in [-0.2, 0) is 12.8 Å². The third kappa shape index (κ3) is 6.51. The molecule has 4 rings (SSSR count). The number of hydrogen-bond acceptors (Lipinski definition) is 7. The summed E-state index contributed by atoms with van der Waals surface area (Å²) in [7, 11) is 7.22. The molecule has 0 unspecified atom stereocenters. The van der Waals surface area contributed by atoms with Crippen molar-refractivity contribution in [1.29, 1.82) is 0 Å². The fraction of sp³-hybridized carbons (Fsp3) is 0.300. The molecule has 4 aromatic rings. The van der Waals surface area contributed by atoms with E-state index in [0.717, 1.165) is 22.4 Å². The SMILES string of the molecule is COc1ccc(CCN(CCc2nc(-c3ccc(N(C)C)cc3)no2)C(=O)c2ccc(C)cc2)cc1OC. The quantitative estimate of drug-likeness (QED) is 0.277. The molecule has 0 aliphatic carbocycles. The molecule has 0 fully saturated rings. The highest BCUT2D eigenvalue weighted by atomic mass is 16.5. The van der Waals surface area contributed by atoms with Crippen molar-refractivity contribution in [2.75, 3.05) is 46.3 Å². The normalized spacial score (nSPS) is 10.8. The van der Waals surface area contributed by atoms with Crippen LogP contribution in [0, 0.1) is 6.92 Å². The smallest absolute Gasteiger partial charge is 0.253 e. The second kappa shape index (κ2) is 12.3. The standard InChI is InChI=1S/C30H34N4O4/c1-21-6-9-24(10-7-21)30(35)34(18-16-22-8-15-26(36-4)27(20-22)37-5)19-17-28-31-29(32-38-28)23-11-13-25(14-12-23)33(2)3/h6-15,20H,16-19H2,1-5H3. The average molecular weight is 515 g/mol. The molecule has 38 heavy (non-hydrogen) atoms. The van der Waals surface area contributed by atoms with Gasteiger partial charge in [-0.1, -0.05) is 28.9 Å². The fourth-order valence-corrected chi connectivity index (χ4v) is 4.11. The van der Waals surface area contributed by atoms with Gasteiger partial charge in [0, 0.05) is 50.4 Å². The molecule has 1 amide bonds. The molecular formula is C30H34N4O4. The third-order valence-corrected chi connectivity index (χ3v) is 6.41. The van der Waals surface area contributed by atoms with Crippen molar-refractivity contribution in [2.24, 2.45) is 0 Å². The van der Waals surface area contributed by atoms with Gasteiger partial charge in [-0.05, 0) is 67.4 Å². The van der Waals surface area contributed by atoms with Crippen molar-refractivity contribution in [3.8, 4) is 22.9 Å². The average Bonchev–Trinajstić information content (AvgIpc) is 3.42. The number of nitrogens with zero attached hydrogens (tertiary/aromatic N) is 4. The highest BCUT2D eigenvalue weighted by Gasteiger charge is 2.18. The predicted molar refractivity (Wildman–Crippen MR) is 148 cm³/mol. The molecule has 0 aliphatic rings. The summed E-state index contributed by atoms with van der Waals surface area (Å²) >= 11 is 0. The minimum absolute atomic E-state index is 0.0375. The fourth-order valence-electron chi connectivity index (χ4n) is 4.11. The Morgan fingerprint density at radius 2 is 1.55 bits per heavy atom. The van der Waals surface area contributed by atoms with E-state index in [0.29, 0.717) is 54.7 Å². The summed E-state index contributed by atoms with van der Waals surface area (Å²) in [6, 6.07) is 21.4. The Morgan fingerprint density at radius 1 is 0.868 bits per heavy atom. The lowest BCUT2D eigenvalue weighted by Crippen LogP contribution is -2.34.